The number of nitrogens with zero attached hydrogens (tertiary/aromatic N) is 3. The molecule has 5 heteroatoms. The number of benzene rings is 2. The van der Waals surface area contributed by atoms with Crippen molar-refractivity contribution in [2.45, 2.75) is 5.16 Å². The minimum Gasteiger partial charge on any atom is -0.277 e. The van der Waals surface area contributed by atoms with Gasteiger partial charge in [0, 0.05) is 10.8 Å². The molecule has 1 aromatic heterocycles. The van der Waals surface area contributed by atoms with Crippen LogP contribution in [0.2, 0.25) is 5.02 Å². The predicted octanol–water partition coefficient (Wildman–Crippen LogP) is 4.73. The molecule has 0 fully saturated rings. The summed E-state index contributed by atoms with van der Waals surface area (Å²) in [6, 6.07) is 17.9. The minimum absolute atomic E-state index is 0.700. The van der Waals surface area contributed by atoms with Crippen LogP contribution in [0.5, 0.6) is 0 Å². The van der Waals surface area contributed by atoms with Gasteiger partial charge < -0.3 is 0 Å². The molecule has 110 valence electrons. The molecule has 0 unspecified atom stereocenters. The van der Waals surface area contributed by atoms with Crippen LogP contribution in [0.25, 0.3) is 11.8 Å². The Morgan fingerprint density at radius 2 is 1.95 bits per heavy atom. The third-order valence-corrected chi connectivity index (χ3v) is 4.15. The highest BCUT2D eigenvalue weighted by atomic mass is 35.5. The molecule has 0 N–H and O–H groups in total. The molecule has 0 spiro atoms. The Kier molecular flexibility index (Phi) is 4.93. The van der Waals surface area contributed by atoms with Gasteiger partial charge in [-0.1, -0.05) is 71.9 Å². The van der Waals surface area contributed by atoms with Gasteiger partial charge in [0.25, 0.3) is 0 Å². The van der Waals surface area contributed by atoms with Gasteiger partial charge in [-0.25, -0.2) is 0 Å². The van der Waals surface area contributed by atoms with Crippen LogP contribution in [0.3, 0.4) is 0 Å². The Bertz CT molecular complexity index is 768. The van der Waals surface area contributed by atoms with Crippen LogP contribution >= 0.6 is 23.4 Å². The van der Waals surface area contributed by atoms with Crippen LogP contribution in [0.15, 0.2) is 72.2 Å². The van der Waals surface area contributed by atoms with Crippen LogP contribution < -0.4 is 0 Å². The predicted molar refractivity (Wildman–Crippen MR) is 92.6 cm³/mol. The maximum absolute atomic E-state index is 6.04. The fraction of sp³-hybridized carbons (Fsp3) is 0.0588. The Morgan fingerprint density at radius 1 is 1.09 bits per heavy atom. The van der Waals surface area contributed by atoms with E-state index in [1.807, 2.05) is 47.0 Å². The van der Waals surface area contributed by atoms with Gasteiger partial charge in [-0.05, 0) is 23.8 Å². The number of hydrogen-bond donors (Lipinski definition) is 0. The molecule has 0 bridgehead atoms. The quantitative estimate of drug-likeness (QED) is 0.635. The molecule has 3 aromatic rings. The Balaban J connectivity index is 1.67. The average molecular weight is 328 g/mol. The molecule has 0 atom stereocenters. The molecular formula is C17H14ClN3S. The molecule has 3 rings (SSSR count). The van der Waals surface area contributed by atoms with Gasteiger partial charge in [0.1, 0.15) is 6.33 Å². The number of hydrogen-bond acceptors (Lipinski definition) is 3. The second kappa shape index (κ2) is 7.29. The minimum atomic E-state index is 0.700. The van der Waals surface area contributed by atoms with E-state index in [1.54, 1.807) is 18.1 Å². The van der Waals surface area contributed by atoms with Gasteiger partial charge in [-0.2, -0.15) is 0 Å². The summed E-state index contributed by atoms with van der Waals surface area (Å²) in [5, 5.41) is 9.70. The van der Waals surface area contributed by atoms with Crippen LogP contribution in [0.1, 0.15) is 5.56 Å². The van der Waals surface area contributed by atoms with Crippen molar-refractivity contribution in [3.8, 4) is 5.69 Å². The first kappa shape index (κ1) is 14.9. The maximum Gasteiger partial charge on any atom is 0.195 e. The summed E-state index contributed by atoms with van der Waals surface area (Å²) in [6.07, 6.45) is 5.93. The van der Waals surface area contributed by atoms with E-state index in [2.05, 4.69) is 34.5 Å². The van der Waals surface area contributed by atoms with Crippen molar-refractivity contribution in [2.24, 2.45) is 0 Å². The molecule has 0 saturated heterocycles. The van der Waals surface area contributed by atoms with E-state index >= 15 is 0 Å². The lowest BCUT2D eigenvalue weighted by molar-refractivity contribution is 0.885. The summed E-state index contributed by atoms with van der Waals surface area (Å²) in [7, 11) is 0. The molecule has 0 saturated carbocycles. The summed E-state index contributed by atoms with van der Waals surface area (Å²) in [5.74, 6) is 0.828. The van der Waals surface area contributed by atoms with Gasteiger partial charge in [-0.3, -0.25) is 4.57 Å². The third kappa shape index (κ3) is 3.78. The molecule has 0 aliphatic rings. The summed E-state index contributed by atoms with van der Waals surface area (Å²) in [4.78, 5) is 0. The fourth-order valence-corrected chi connectivity index (χ4v) is 2.92. The highest BCUT2D eigenvalue weighted by Crippen LogP contribution is 2.21. The summed E-state index contributed by atoms with van der Waals surface area (Å²) in [5.41, 5.74) is 2.16. The molecule has 2 aromatic carbocycles. The van der Waals surface area contributed by atoms with Crippen molar-refractivity contribution in [3.05, 3.63) is 77.6 Å². The SMILES string of the molecule is Clc1cccc(-n2cnnc2SC/C=C/c2ccccc2)c1. The van der Waals surface area contributed by atoms with Gasteiger partial charge in [0.05, 0.1) is 5.69 Å². The zero-order valence-corrected chi connectivity index (χ0v) is 13.3. The first-order valence-corrected chi connectivity index (χ1v) is 8.19. The zero-order valence-electron chi connectivity index (χ0n) is 11.8. The van der Waals surface area contributed by atoms with Crippen molar-refractivity contribution in [1.29, 1.82) is 0 Å². The van der Waals surface area contributed by atoms with Crippen LogP contribution in [-0.2, 0) is 0 Å². The second-order valence-electron chi connectivity index (χ2n) is 4.59. The largest absolute Gasteiger partial charge is 0.277 e. The third-order valence-electron chi connectivity index (χ3n) is 3.02. The number of thioether (sulfide) groups is 1. The lowest BCUT2D eigenvalue weighted by atomic mass is 10.2. The topological polar surface area (TPSA) is 30.7 Å². The molecule has 0 amide bonds. The van der Waals surface area contributed by atoms with E-state index in [1.165, 1.54) is 5.56 Å². The zero-order chi connectivity index (χ0) is 15.2. The normalized spacial score (nSPS) is 11.1. The molecule has 3 nitrogen and oxygen atoms in total. The van der Waals surface area contributed by atoms with Crippen LogP contribution in [-0.4, -0.2) is 20.5 Å². The standard InChI is InChI=1S/C17H14ClN3S/c18-15-9-4-10-16(12-15)21-13-19-20-17(21)22-11-5-8-14-6-2-1-3-7-14/h1-10,12-13H,11H2/b8-5+. The van der Waals surface area contributed by atoms with Gasteiger partial charge in [0.15, 0.2) is 5.16 Å². The van der Waals surface area contributed by atoms with E-state index in [9.17, 15) is 0 Å². The summed E-state index contributed by atoms with van der Waals surface area (Å²) < 4.78 is 1.94. The molecule has 22 heavy (non-hydrogen) atoms. The van der Waals surface area contributed by atoms with Gasteiger partial charge in [0.2, 0.25) is 0 Å². The second-order valence-corrected chi connectivity index (χ2v) is 6.01. The summed E-state index contributed by atoms with van der Waals surface area (Å²) >= 11 is 7.67. The van der Waals surface area contributed by atoms with E-state index in [0.29, 0.717) is 5.02 Å². The number of rotatable bonds is 5. The van der Waals surface area contributed by atoms with Crippen molar-refractivity contribution >= 4 is 29.4 Å². The van der Waals surface area contributed by atoms with Crippen molar-refractivity contribution in [2.75, 3.05) is 5.75 Å². The Labute approximate surface area is 138 Å². The first-order valence-electron chi connectivity index (χ1n) is 6.83. The number of aromatic nitrogens is 3. The molecule has 0 aliphatic heterocycles. The molecule has 0 aliphatic carbocycles. The van der Waals surface area contributed by atoms with E-state index in [-0.39, 0.29) is 0 Å². The van der Waals surface area contributed by atoms with Crippen LogP contribution in [0.4, 0.5) is 0 Å². The van der Waals surface area contributed by atoms with Crippen molar-refractivity contribution in [3.63, 3.8) is 0 Å². The highest BCUT2D eigenvalue weighted by molar-refractivity contribution is 7.99. The fourth-order valence-electron chi connectivity index (χ4n) is 2.00. The van der Waals surface area contributed by atoms with Gasteiger partial charge >= 0.3 is 0 Å². The van der Waals surface area contributed by atoms with Crippen molar-refractivity contribution in [1.82, 2.24) is 14.8 Å². The van der Waals surface area contributed by atoms with Crippen LogP contribution in [0, 0.1) is 0 Å². The average Bonchev–Trinajstić information content (AvgIpc) is 3.01. The Hall–Kier alpha value is -2.04. The van der Waals surface area contributed by atoms with Crippen molar-refractivity contribution < 1.29 is 0 Å². The monoisotopic (exact) mass is 327 g/mol. The number of halogens is 1. The molecule has 1 heterocycles. The molecular weight excluding hydrogens is 314 g/mol. The highest BCUT2D eigenvalue weighted by Gasteiger charge is 2.06. The summed E-state index contributed by atoms with van der Waals surface area (Å²) in [6.45, 7) is 0. The Morgan fingerprint density at radius 3 is 2.77 bits per heavy atom. The molecule has 0 radical (unpaired) electrons. The maximum atomic E-state index is 6.04. The smallest absolute Gasteiger partial charge is 0.195 e. The lowest BCUT2D eigenvalue weighted by Crippen LogP contribution is -1.94. The van der Waals surface area contributed by atoms with E-state index in [0.717, 1.165) is 16.6 Å². The first-order chi connectivity index (χ1) is 10.8. The van der Waals surface area contributed by atoms with E-state index in [4.69, 9.17) is 11.6 Å². The van der Waals surface area contributed by atoms with E-state index < -0.39 is 0 Å². The van der Waals surface area contributed by atoms with Gasteiger partial charge in [-0.15, -0.1) is 10.2 Å². The lowest BCUT2D eigenvalue weighted by Gasteiger charge is -2.05.